The fraction of sp³-hybridized carbons (Fsp3) is 0.0261. The average Bonchev–Trinajstić information content (AvgIpc) is 1.66. The number of rotatable bonds is 7. The van der Waals surface area contributed by atoms with E-state index in [1.54, 1.807) is 54.6 Å². The average molecular weight is 1550 g/mol. The number of fused-ring (bicyclic) bond motifs is 19. The summed E-state index contributed by atoms with van der Waals surface area (Å²) in [6.07, 6.45) is 0. The maximum absolute atomic E-state index is 9.48. The van der Waals surface area contributed by atoms with E-state index in [0.29, 0.717) is 33.2 Å². The lowest BCUT2D eigenvalue weighted by Gasteiger charge is -2.22. The van der Waals surface area contributed by atoms with Gasteiger partial charge in [-0.05, 0) is 218 Å². The second kappa shape index (κ2) is 27.6. The van der Waals surface area contributed by atoms with Crippen LogP contribution in [0.5, 0.6) is 0 Å². The predicted molar refractivity (Wildman–Crippen MR) is 499 cm³/mol. The number of hydrogen-bond donors (Lipinski definition) is 0. The third-order valence-electron chi connectivity index (χ3n) is 21.9. The number of para-hydroxylation sites is 3. The quantitative estimate of drug-likeness (QED) is 0.149. The zero-order chi connectivity index (χ0) is 117. The summed E-state index contributed by atoms with van der Waals surface area (Å²) in [7, 11) is 0. The zero-order valence-corrected chi connectivity index (χ0v) is 61.5. The minimum Gasteiger partial charge on any atom is -0.456 e. The normalized spacial score (nSPS) is 17.7. The van der Waals surface area contributed by atoms with Gasteiger partial charge in [0.25, 0.3) is 0 Å². The first kappa shape index (κ1) is 37.0. The van der Waals surface area contributed by atoms with Gasteiger partial charge in [0, 0.05) is 37.7 Å². The molecule has 0 saturated heterocycles. The van der Waals surface area contributed by atoms with Crippen LogP contribution in [0.25, 0.3) is 230 Å². The maximum Gasteiger partial charge on any atom is 0.136 e. The van der Waals surface area contributed by atoms with Crippen molar-refractivity contribution in [3.8, 4) is 89.0 Å². The molecule has 3 aromatic heterocycles. The van der Waals surface area contributed by atoms with E-state index in [-0.39, 0.29) is 164 Å². The summed E-state index contributed by atoms with van der Waals surface area (Å²) in [6.45, 7) is 4.11. The summed E-state index contributed by atoms with van der Waals surface area (Å²) in [5.74, 6) is 0. The minimum absolute atomic E-state index is 0.0606. The largest absolute Gasteiger partial charge is 0.456 e. The SMILES string of the molecule is [2H]c1c([2H])c([2H])c2c(oc3c([2H])c([2H])c([2H])c(-c4c5c([2H])c([2H])c([2H])c([2H])c5c(-c5cccc(-c6ccccc6)c5)c5c([2H])c([2H])c([2H])c([2H])c45)c32)c1[2H].[2H]c1c([2H])c([2H])c2c(oc3c([2H])c([2H])c([2H])c(-c4c5c([2H])c([2H])c([2H])c([2H])c5c(-c5cccc6c5-c5ccccc5C6(C)C)c5c([2H])c([2H])c([2H])c([2H])c45)c32)c1[2H].[2H]c1c([2H])c([2H])c2c(oc3c([2H])c([2H])c([2H])c(-c4c5c([2H])c([2H])c([2H])c([2H])c5c(-c5cccc6ccccc56)c5c([2H])c([2H])c([2H])c([2H])c45)c32)c1[2H]. The van der Waals surface area contributed by atoms with Crippen LogP contribution >= 0.6 is 0 Å². The highest BCUT2D eigenvalue weighted by molar-refractivity contribution is 6.30. The predicted octanol–water partition coefficient (Wildman–Crippen LogP) is 32.8. The smallest absolute Gasteiger partial charge is 0.136 e. The third-order valence-corrected chi connectivity index (χ3v) is 21.9. The van der Waals surface area contributed by atoms with Gasteiger partial charge >= 0.3 is 0 Å². The molecule has 3 heteroatoms. The van der Waals surface area contributed by atoms with Gasteiger partial charge in [0.1, 0.15) is 33.5 Å². The summed E-state index contributed by atoms with van der Waals surface area (Å²) >= 11 is 0. The summed E-state index contributed by atoms with van der Waals surface area (Å²) in [5, 5.41) is -2.55. The second-order valence-corrected chi connectivity index (χ2v) is 28.4. The summed E-state index contributed by atoms with van der Waals surface area (Å²) in [6, 6.07) is 13.4. The van der Waals surface area contributed by atoms with Crippen LogP contribution in [-0.2, 0) is 5.41 Å². The van der Waals surface area contributed by atoms with Crippen LogP contribution in [0.4, 0.5) is 0 Å². The highest BCUT2D eigenvalue weighted by Crippen LogP contribution is 2.57. The van der Waals surface area contributed by atoms with Gasteiger partial charge in [-0.15, -0.1) is 0 Å². The molecule has 1 aliphatic carbocycles. The van der Waals surface area contributed by atoms with Gasteiger partial charge in [0.05, 0.1) is 61.7 Å². The number of furan rings is 3. The van der Waals surface area contributed by atoms with E-state index in [0.717, 1.165) is 27.6 Å². The Bertz CT molecular complexity index is 10900. The fourth-order valence-corrected chi connectivity index (χ4v) is 17.0. The number of benzene rings is 21. The molecule has 21 aromatic carbocycles. The van der Waals surface area contributed by atoms with E-state index in [1.807, 2.05) is 84.9 Å². The third kappa shape index (κ3) is 10.7. The van der Waals surface area contributed by atoms with Crippen LogP contribution in [0.3, 0.4) is 0 Å². The summed E-state index contributed by atoms with van der Waals surface area (Å²) in [4.78, 5) is 0. The van der Waals surface area contributed by atoms with Crippen LogP contribution in [0, 0.1) is 0 Å². The van der Waals surface area contributed by atoms with Crippen molar-refractivity contribution in [3.05, 3.63) is 423 Å². The second-order valence-electron chi connectivity index (χ2n) is 28.4. The highest BCUT2D eigenvalue weighted by Gasteiger charge is 2.37. The van der Waals surface area contributed by atoms with Crippen LogP contribution < -0.4 is 0 Å². The van der Waals surface area contributed by atoms with Crippen LogP contribution in [0.2, 0.25) is 0 Å². The zero-order valence-electron chi connectivity index (χ0n) is 107. The molecule has 0 radical (unpaired) electrons. The first-order valence-corrected chi connectivity index (χ1v) is 37.1. The summed E-state index contributed by atoms with van der Waals surface area (Å²) in [5.41, 5.74) is 1.49. The van der Waals surface area contributed by atoms with Gasteiger partial charge in [0.2, 0.25) is 0 Å². The molecule has 3 heterocycles. The Balaban J connectivity index is 0.000000131. The molecule has 25 rings (SSSR count). The molecule has 0 amide bonds. The fourth-order valence-electron chi connectivity index (χ4n) is 17.0. The van der Waals surface area contributed by atoms with Crippen LogP contribution in [0.1, 0.15) is 86.7 Å². The molecule has 0 saturated carbocycles. The van der Waals surface area contributed by atoms with Crippen LogP contribution in [-0.4, -0.2) is 0 Å². The monoisotopic (exact) mass is 1550 g/mol. The lowest BCUT2D eigenvalue weighted by molar-refractivity contribution is 0.660. The van der Waals surface area contributed by atoms with Gasteiger partial charge in [-0.25, -0.2) is 0 Å². The molecule has 1 aliphatic rings. The molecule has 0 aliphatic heterocycles. The van der Waals surface area contributed by atoms with Crippen molar-refractivity contribution in [2.75, 3.05) is 0 Å². The first-order valence-electron chi connectivity index (χ1n) is 59.6. The van der Waals surface area contributed by atoms with Crippen molar-refractivity contribution in [3.63, 3.8) is 0 Å². The molecule has 0 unspecified atom stereocenters. The molecule has 3 nitrogen and oxygen atoms in total. The molecule has 118 heavy (non-hydrogen) atoms. The molecule has 24 aromatic rings. The van der Waals surface area contributed by atoms with Gasteiger partial charge < -0.3 is 13.3 Å². The Morgan fingerprint density at radius 3 is 0.941 bits per heavy atom. The Hall–Kier alpha value is -15.2. The molecular weight excluding hydrogens is 1430 g/mol. The Morgan fingerprint density at radius 2 is 0.492 bits per heavy atom. The molecule has 552 valence electrons. The van der Waals surface area contributed by atoms with Crippen molar-refractivity contribution >= 4 is 141 Å². The van der Waals surface area contributed by atoms with Crippen molar-refractivity contribution in [2.24, 2.45) is 0 Å². The Labute approximate surface area is 745 Å². The molecule has 0 atom stereocenters. The van der Waals surface area contributed by atoms with E-state index in [2.05, 4.69) is 13.8 Å². The molecule has 0 fully saturated rings. The van der Waals surface area contributed by atoms with Gasteiger partial charge in [-0.2, -0.15) is 0 Å². The van der Waals surface area contributed by atoms with E-state index in [1.165, 1.54) is 0 Å². The van der Waals surface area contributed by atoms with Crippen molar-refractivity contribution in [1.82, 2.24) is 0 Å². The summed E-state index contributed by atoms with van der Waals surface area (Å²) < 4.78 is 419. The Morgan fingerprint density at radius 1 is 0.195 bits per heavy atom. The van der Waals surface area contributed by atoms with Crippen LogP contribution in [0.15, 0.2) is 425 Å². The molecule has 0 bridgehead atoms. The van der Waals surface area contributed by atoms with E-state index < -0.39 is 294 Å². The van der Waals surface area contributed by atoms with E-state index in [4.69, 9.17) is 54.4 Å². The molecular formula is C115H74O3. The van der Waals surface area contributed by atoms with Gasteiger partial charge in [-0.3, -0.25) is 0 Å². The van der Waals surface area contributed by atoms with E-state index in [9.17, 15) is 20.6 Å². The standard InChI is InChI=1S/C41H28O.C38H24O.C36H22O/c1-41(2)33-21-9-7-17-29(33)39-31(19-11-22-34(39)41)37-25-13-3-5-15-27(25)38(28-16-6-4-14-26(28)37)32-20-12-24-36-40(32)30-18-8-10-23-35(30)42-36;1-2-12-25(13-3-1)26-14-10-15-27(24-26)36-28-16-4-6-18-30(28)37(31-19-7-5-17-29(31)36)33-21-11-23-35-38(33)32-20-8-9-22-34(32)39-35;1-2-13-24-23(11-1)12-9-19-25(24)34-26-14-3-5-16-28(26)35(29-17-6-4-15-27(29)34)31-20-10-22-33-36(31)30-18-7-8-21-32(30)37-33/h3-24H,1-2H3;1-24H;1-22H/i3D,4D,5D,6D,8D,10D,12D,13D,14D,15D,16D,18D,20D,23D,24D;4D,5D,6D,7D,8D,9D,11D,16D,17D,18D,19D,20D,21D,22D,23D;3D,4D,5D,6D,7D,8D,10D,14D,15D,16D,17D,18D,20D,21D,22D. The lowest BCUT2D eigenvalue weighted by atomic mass is 9.80. The highest BCUT2D eigenvalue weighted by atomic mass is 16.3. The number of hydrogen-bond acceptors (Lipinski definition) is 3. The van der Waals surface area contributed by atoms with Gasteiger partial charge in [0.15, 0.2) is 0 Å². The van der Waals surface area contributed by atoms with Crippen molar-refractivity contribution < 1.29 is 74.9 Å². The topological polar surface area (TPSA) is 39.4 Å². The molecule has 0 N–H and O–H groups in total. The van der Waals surface area contributed by atoms with Gasteiger partial charge in [-0.1, -0.05) is 383 Å². The first-order chi connectivity index (χ1) is 77.1. The van der Waals surface area contributed by atoms with Crippen molar-refractivity contribution in [2.45, 2.75) is 19.3 Å². The van der Waals surface area contributed by atoms with Crippen molar-refractivity contribution in [1.29, 1.82) is 0 Å². The minimum atomic E-state index is -0.713. The maximum atomic E-state index is 9.48. The van der Waals surface area contributed by atoms with E-state index >= 15 is 0 Å². The Kier molecular flexibility index (Phi) is 8.64. The lowest BCUT2D eigenvalue weighted by Crippen LogP contribution is -2.14. The molecule has 0 spiro atoms.